The highest BCUT2D eigenvalue weighted by atomic mass is 35.5. The van der Waals surface area contributed by atoms with Crippen molar-refractivity contribution in [3.63, 3.8) is 0 Å². The van der Waals surface area contributed by atoms with Gasteiger partial charge in [0.05, 0.1) is 20.8 Å². The molecule has 0 saturated carbocycles. The third-order valence-corrected chi connectivity index (χ3v) is 3.96. The summed E-state index contributed by atoms with van der Waals surface area (Å²) in [6.07, 6.45) is -3.73. The molecule has 1 N–H and O–H groups in total. The van der Waals surface area contributed by atoms with Crippen molar-refractivity contribution in [1.29, 1.82) is 0 Å². The number of carbonyl (C=O) groups is 1. The Morgan fingerprint density at radius 2 is 1.75 bits per heavy atom. The van der Waals surface area contributed by atoms with Gasteiger partial charge in [0.15, 0.2) is 0 Å². The molecule has 0 aliphatic heterocycles. The largest absolute Gasteiger partial charge is 0.421 e. The van der Waals surface area contributed by atoms with Crippen molar-refractivity contribution in [2.24, 2.45) is 0 Å². The summed E-state index contributed by atoms with van der Waals surface area (Å²) in [5.74, 6) is -0.753. The van der Waals surface area contributed by atoms with E-state index < -0.39 is 29.8 Å². The van der Waals surface area contributed by atoms with Gasteiger partial charge in [-0.25, -0.2) is 0 Å². The maximum Gasteiger partial charge on any atom is 0.421 e. The Morgan fingerprint density at radius 1 is 1.12 bits per heavy atom. The van der Waals surface area contributed by atoms with Crippen LogP contribution < -0.4 is 10.9 Å². The number of pyridine rings is 1. The summed E-state index contributed by atoms with van der Waals surface area (Å²) in [7, 11) is 0. The van der Waals surface area contributed by atoms with E-state index in [1.807, 2.05) is 0 Å². The van der Waals surface area contributed by atoms with Crippen molar-refractivity contribution in [3.8, 4) is 0 Å². The molecule has 0 aliphatic carbocycles. The summed E-state index contributed by atoms with van der Waals surface area (Å²) in [5, 5.41) is 2.76. The highest BCUT2D eigenvalue weighted by Gasteiger charge is 2.34. The van der Waals surface area contributed by atoms with Crippen LogP contribution in [0.15, 0.2) is 35.3 Å². The number of alkyl halides is 3. The molecular weight excluding hydrogens is 392 g/mol. The Bertz CT molecular complexity index is 850. The fraction of sp³-hybridized carbons (Fsp3) is 0.143. The fourth-order valence-electron chi connectivity index (χ4n) is 1.84. The van der Waals surface area contributed by atoms with Crippen LogP contribution in [0.3, 0.4) is 0 Å². The van der Waals surface area contributed by atoms with Crippen LogP contribution in [0, 0.1) is 0 Å². The highest BCUT2D eigenvalue weighted by Crippen LogP contribution is 2.32. The molecule has 10 heteroatoms. The zero-order valence-corrected chi connectivity index (χ0v) is 13.9. The average molecular weight is 400 g/mol. The molecule has 1 heterocycles. The molecule has 2 rings (SSSR count). The van der Waals surface area contributed by atoms with Crippen molar-refractivity contribution in [1.82, 2.24) is 4.57 Å². The summed E-state index contributed by atoms with van der Waals surface area (Å²) in [6.45, 7) is -0.626. The van der Waals surface area contributed by atoms with Crippen molar-refractivity contribution in [3.05, 3.63) is 61.4 Å². The van der Waals surface area contributed by atoms with Gasteiger partial charge in [-0.3, -0.25) is 9.59 Å². The second-order valence-electron chi connectivity index (χ2n) is 4.65. The molecule has 0 spiro atoms. The molecule has 0 radical (unpaired) electrons. The van der Waals surface area contributed by atoms with E-state index in [1.54, 1.807) is 0 Å². The topological polar surface area (TPSA) is 51.1 Å². The molecule has 2 aromatic rings. The van der Waals surface area contributed by atoms with Crippen molar-refractivity contribution in [2.45, 2.75) is 12.7 Å². The van der Waals surface area contributed by atoms with Crippen molar-refractivity contribution < 1.29 is 18.0 Å². The normalized spacial score (nSPS) is 11.4. The lowest BCUT2D eigenvalue weighted by Crippen LogP contribution is -2.32. The summed E-state index contributed by atoms with van der Waals surface area (Å²) in [5.41, 5.74) is -2.55. The summed E-state index contributed by atoms with van der Waals surface area (Å²) in [4.78, 5) is 23.7. The fourth-order valence-corrected chi connectivity index (χ4v) is 2.43. The number of amides is 1. The first-order valence-electron chi connectivity index (χ1n) is 6.30. The van der Waals surface area contributed by atoms with Crippen LogP contribution in [0.5, 0.6) is 0 Å². The van der Waals surface area contributed by atoms with E-state index in [2.05, 4.69) is 5.32 Å². The number of aromatic nitrogens is 1. The lowest BCUT2D eigenvalue weighted by atomic mass is 10.2. The molecule has 1 aromatic heterocycles. The van der Waals surface area contributed by atoms with Crippen LogP contribution in [0.1, 0.15) is 5.56 Å². The van der Waals surface area contributed by atoms with E-state index in [9.17, 15) is 22.8 Å². The molecule has 0 aliphatic rings. The van der Waals surface area contributed by atoms with Gasteiger partial charge in [-0.1, -0.05) is 34.8 Å². The molecular formula is C14H8Cl3F3N2O2. The standard InChI is InChI=1S/C14H8Cl3F3N2O2/c15-8-4-10(17)11(5-9(8)16)21-12(23)6-22-3-1-2-7(13(22)24)14(18,19)20/h1-5H,6H2,(H,21,23). The predicted octanol–water partition coefficient (Wildman–Crippen LogP) is 4.47. The number of hydrogen-bond donors (Lipinski definition) is 1. The van der Waals surface area contributed by atoms with E-state index in [4.69, 9.17) is 34.8 Å². The van der Waals surface area contributed by atoms with Crippen LogP contribution in [0.25, 0.3) is 0 Å². The number of nitrogens with zero attached hydrogens (tertiary/aromatic N) is 1. The number of hydrogen-bond acceptors (Lipinski definition) is 2. The van der Waals surface area contributed by atoms with Crippen LogP contribution in [0.2, 0.25) is 15.1 Å². The number of halogens is 6. The van der Waals surface area contributed by atoms with Crippen LogP contribution >= 0.6 is 34.8 Å². The summed E-state index contributed by atoms with van der Waals surface area (Å²) >= 11 is 17.4. The van der Waals surface area contributed by atoms with Gasteiger partial charge in [-0.2, -0.15) is 13.2 Å². The Labute approximate surface area is 148 Å². The van der Waals surface area contributed by atoms with E-state index in [1.165, 1.54) is 12.1 Å². The zero-order valence-electron chi connectivity index (χ0n) is 11.6. The SMILES string of the molecule is O=C(Cn1cccc(C(F)(F)F)c1=O)Nc1cc(Cl)c(Cl)cc1Cl. The van der Waals surface area contributed by atoms with E-state index in [0.29, 0.717) is 10.6 Å². The first-order chi connectivity index (χ1) is 11.1. The smallest absolute Gasteiger partial charge is 0.323 e. The molecule has 0 atom stereocenters. The van der Waals surface area contributed by atoms with Gasteiger partial charge >= 0.3 is 6.18 Å². The monoisotopic (exact) mass is 398 g/mol. The Morgan fingerprint density at radius 3 is 2.38 bits per heavy atom. The van der Waals surface area contributed by atoms with Gasteiger partial charge in [-0.15, -0.1) is 0 Å². The molecule has 128 valence electrons. The molecule has 1 aromatic carbocycles. The highest BCUT2D eigenvalue weighted by molar-refractivity contribution is 6.44. The zero-order chi connectivity index (χ0) is 18.1. The minimum atomic E-state index is -4.80. The number of carbonyl (C=O) groups excluding carboxylic acids is 1. The maximum atomic E-state index is 12.7. The van der Waals surface area contributed by atoms with Crippen LogP contribution in [-0.4, -0.2) is 10.5 Å². The molecule has 0 saturated heterocycles. The Hall–Kier alpha value is -1.70. The third-order valence-electron chi connectivity index (χ3n) is 2.92. The number of anilines is 1. The van der Waals surface area contributed by atoms with Gasteiger partial charge in [0.1, 0.15) is 12.1 Å². The van der Waals surface area contributed by atoms with Crippen LogP contribution in [-0.2, 0) is 17.5 Å². The molecule has 0 unspecified atom stereocenters. The summed E-state index contributed by atoms with van der Waals surface area (Å²) < 4.78 is 38.7. The molecule has 0 fully saturated rings. The Balaban J connectivity index is 2.23. The van der Waals surface area contributed by atoms with Crippen LogP contribution in [0.4, 0.5) is 18.9 Å². The number of benzene rings is 1. The van der Waals surface area contributed by atoms with Crippen molar-refractivity contribution in [2.75, 3.05) is 5.32 Å². The first kappa shape index (κ1) is 18.6. The first-order valence-corrected chi connectivity index (χ1v) is 7.44. The predicted molar refractivity (Wildman–Crippen MR) is 85.8 cm³/mol. The maximum absolute atomic E-state index is 12.7. The molecule has 1 amide bonds. The van der Waals surface area contributed by atoms with Gasteiger partial charge in [0.2, 0.25) is 5.91 Å². The van der Waals surface area contributed by atoms with Gasteiger partial charge < -0.3 is 9.88 Å². The van der Waals surface area contributed by atoms with Gasteiger partial charge in [0, 0.05) is 6.20 Å². The van der Waals surface area contributed by atoms with Gasteiger partial charge in [-0.05, 0) is 24.3 Å². The molecule has 4 nitrogen and oxygen atoms in total. The summed E-state index contributed by atoms with van der Waals surface area (Å²) in [6, 6.07) is 4.27. The third kappa shape index (κ3) is 4.23. The van der Waals surface area contributed by atoms with E-state index in [-0.39, 0.29) is 20.8 Å². The van der Waals surface area contributed by atoms with E-state index >= 15 is 0 Å². The second kappa shape index (κ2) is 7.04. The van der Waals surface area contributed by atoms with Gasteiger partial charge in [0.25, 0.3) is 5.56 Å². The molecule has 0 bridgehead atoms. The van der Waals surface area contributed by atoms with Crippen molar-refractivity contribution >= 4 is 46.4 Å². The Kier molecular flexibility index (Phi) is 5.47. The minimum absolute atomic E-state index is 0.0918. The number of nitrogens with one attached hydrogen (secondary N) is 1. The molecule has 24 heavy (non-hydrogen) atoms. The number of rotatable bonds is 3. The minimum Gasteiger partial charge on any atom is -0.323 e. The second-order valence-corrected chi connectivity index (χ2v) is 5.87. The average Bonchev–Trinajstić information content (AvgIpc) is 2.45. The lowest BCUT2D eigenvalue weighted by molar-refractivity contribution is -0.139. The van der Waals surface area contributed by atoms with E-state index in [0.717, 1.165) is 12.3 Å². The lowest BCUT2D eigenvalue weighted by Gasteiger charge is -2.12. The quantitative estimate of drug-likeness (QED) is 0.775.